The second kappa shape index (κ2) is 19.7. The van der Waals surface area contributed by atoms with Crippen molar-refractivity contribution >= 4 is 26.3 Å². The van der Waals surface area contributed by atoms with Crippen LogP contribution in [0, 0.1) is 29.1 Å². The monoisotopic (exact) mass is 736 g/mol. The van der Waals surface area contributed by atoms with Gasteiger partial charge in [-0.1, -0.05) is 73.6 Å². The molecule has 292 valence electrons. The van der Waals surface area contributed by atoms with E-state index in [1.165, 1.54) is 5.57 Å². The van der Waals surface area contributed by atoms with Gasteiger partial charge in [-0.25, -0.2) is 4.79 Å². The number of rotatable bonds is 18. The fraction of sp³-hybridized carbons (Fsp3) is 0.821. The van der Waals surface area contributed by atoms with Gasteiger partial charge < -0.3 is 38.7 Å². The van der Waals surface area contributed by atoms with E-state index in [4.69, 9.17) is 28.1 Å². The summed E-state index contributed by atoms with van der Waals surface area (Å²) in [7, 11) is -2.01. The van der Waals surface area contributed by atoms with Crippen LogP contribution in [0.2, 0.25) is 18.1 Å². The highest BCUT2D eigenvalue weighted by Gasteiger charge is 2.44. The highest BCUT2D eigenvalue weighted by atomic mass is 28.4. The Hall–Kier alpha value is -2.25. The molecule has 1 fully saturated rings. The standard InChI is InChI=1S/C39H68N2O9Si/c1-27-21-29-12-11-28(2)32(14-13-30-23-31(24-35(43)48-30)50-51(9,10)39(6,7)8)36(29)33(22-27)49-37(44)40-15-16-45-17-18-46-19-20-47-25-34(42)41-26-38(3,4)5/h11-12,21,27-28,30-33,36H,13-20,22-26H2,1-10H3,(H,40,44)(H,41,42)/t27-,28-,30+,31+,32-,33-,36-/m0/s1. The number of esters is 1. The molecule has 2 N–H and O–H groups in total. The van der Waals surface area contributed by atoms with E-state index in [-0.39, 0.29) is 59.1 Å². The van der Waals surface area contributed by atoms with E-state index < -0.39 is 14.4 Å². The molecule has 3 aliphatic rings. The lowest BCUT2D eigenvalue weighted by Crippen LogP contribution is -2.47. The predicted molar refractivity (Wildman–Crippen MR) is 201 cm³/mol. The van der Waals surface area contributed by atoms with Gasteiger partial charge in [-0.15, -0.1) is 0 Å². The molecule has 0 unspecified atom stereocenters. The molecular formula is C39H68N2O9Si. The zero-order valence-electron chi connectivity index (χ0n) is 33.1. The van der Waals surface area contributed by atoms with Gasteiger partial charge in [0.15, 0.2) is 8.32 Å². The molecule has 1 saturated heterocycles. The predicted octanol–water partition coefficient (Wildman–Crippen LogP) is 6.57. The van der Waals surface area contributed by atoms with Gasteiger partial charge in [-0.3, -0.25) is 9.59 Å². The van der Waals surface area contributed by atoms with Crippen molar-refractivity contribution in [3.05, 3.63) is 23.8 Å². The molecule has 2 aliphatic carbocycles. The molecule has 0 aromatic rings. The van der Waals surface area contributed by atoms with Gasteiger partial charge >= 0.3 is 12.1 Å². The van der Waals surface area contributed by atoms with Crippen LogP contribution in [-0.4, -0.2) is 97.3 Å². The average Bonchev–Trinajstić information content (AvgIpc) is 3.01. The molecule has 0 aromatic heterocycles. The number of amides is 2. The van der Waals surface area contributed by atoms with Gasteiger partial charge in [-0.2, -0.15) is 0 Å². The van der Waals surface area contributed by atoms with Crippen molar-refractivity contribution in [1.29, 1.82) is 0 Å². The van der Waals surface area contributed by atoms with Gasteiger partial charge in [0.2, 0.25) is 5.91 Å². The normalized spacial score (nSPS) is 26.9. The van der Waals surface area contributed by atoms with Crippen LogP contribution in [0.15, 0.2) is 23.8 Å². The number of alkyl carbamates (subject to hydrolysis) is 1. The van der Waals surface area contributed by atoms with Crippen molar-refractivity contribution in [2.45, 2.75) is 124 Å². The third-order valence-corrected chi connectivity index (χ3v) is 15.0. The Morgan fingerprint density at radius 1 is 0.922 bits per heavy atom. The fourth-order valence-electron chi connectivity index (χ4n) is 6.73. The van der Waals surface area contributed by atoms with E-state index in [1.54, 1.807) is 0 Å². The second-order valence-electron chi connectivity index (χ2n) is 17.4. The third kappa shape index (κ3) is 15.0. The van der Waals surface area contributed by atoms with Crippen LogP contribution in [0.25, 0.3) is 0 Å². The molecule has 0 spiro atoms. The zero-order valence-corrected chi connectivity index (χ0v) is 34.1. The van der Waals surface area contributed by atoms with E-state index in [1.807, 2.05) is 0 Å². The minimum Gasteiger partial charge on any atom is -0.462 e. The Balaban J connectivity index is 1.39. The van der Waals surface area contributed by atoms with Crippen LogP contribution >= 0.6 is 0 Å². The van der Waals surface area contributed by atoms with Gasteiger partial charge in [0.1, 0.15) is 18.8 Å². The summed E-state index contributed by atoms with van der Waals surface area (Å²) in [5.41, 5.74) is 1.26. The first-order valence-electron chi connectivity index (χ1n) is 19.1. The summed E-state index contributed by atoms with van der Waals surface area (Å²) in [4.78, 5) is 37.4. The number of fused-ring (bicyclic) bond motifs is 1. The van der Waals surface area contributed by atoms with Crippen LogP contribution in [0.4, 0.5) is 4.79 Å². The first-order valence-corrected chi connectivity index (χ1v) is 22.0. The first kappa shape index (κ1) is 43.2. The molecule has 7 atom stereocenters. The molecule has 0 bridgehead atoms. The van der Waals surface area contributed by atoms with Crippen LogP contribution in [0.3, 0.4) is 0 Å². The number of carbonyl (C=O) groups is 3. The summed E-state index contributed by atoms with van der Waals surface area (Å²) >= 11 is 0. The van der Waals surface area contributed by atoms with E-state index in [0.29, 0.717) is 64.4 Å². The van der Waals surface area contributed by atoms with Crippen LogP contribution in [0.5, 0.6) is 0 Å². The molecule has 0 aromatic carbocycles. The third-order valence-electron chi connectivity index (χ3n) is 10.5. The highest BCUT2D eigenvalue weighted by Crippen LogP contribution is 2.45. The summed E-state index contributed by atoms with van der Waals surface area (Å²) in [6.45, 7) is 24.4. The van der Waals surface area contributed by atoms with Gasteiger partial charge in [0, 0.05) is 25.4 Å². The van der Waals surface area contributed by atoms with Crippen molar-refractivity contribution in [3.8, 4) is 0 Å². The number of nitrogens with one attached hydrogen (secondary N) is 2. The van der Waals surface area contributed by atoms with E-state index in [0.717, 1.165) is 25.7 Å². The van der Waals surface area contributed by atoms with Gasteiger partial charge in [0.05, 0.1) is 45.6 Å². The molecule has 0 radical (unpaired) electrons. The van der Waals surface area contributed by atoms with Crippen molar-refractivity contribution in [3.63, 3.8) is 0 Å². The molecule has 1 aliphatic heterocycles. The number of cyclic esters (lactones) is 1. The summed E-state index contributed by atoms with van der Waals surface area (Å²) < 4.78 is 35.0. The van der Waals surface area contributed by atoms with Crippen LogP contribution in [0.1, 0.15) is 87.5 Å². The molecule has 1 heterocycles. The van der Waals surface area contributed by atoms with Crippen molar-refractivity contribution in [2.24, 2.45) is 29.1 Å². The maximum atomic E-state index is 13.0. The Morgan fingerprint density at radius 3 is 2.25 bits per heavy atom. The van der Waals surface area contributed by atoms with Crippen molar-refractivity contribution in [1.82, 2.24) is 10.6 Å². The number of hydrogen-bond donors (Lipinski definition) is 2. The quantitative estimate of drug-likeness (QED) is 0.0912. The Morgan fingerprint density at radius 2 is 1.59 bits per heavy atom. The topological polar surface area (TPSA) is 131 Å². The minimum absolute atomic E-state index is 0.0117. The Bertz CT molecular complexity index is 1190. The summed E-state index contributed by atoms with van der Waals surface area (Å²) in [5.74, 6) is 0.622. The number of hydrogen-bond acceptors (Lipinski definition) is 9. The lowest BCUT2D eigenvalue weighted by Gasteiger charge is -2.44. The molecule has 12 heteroatoms. The smallest absolute Gasteiger partial charge is 0.407 e. The molecule has 11 nitrogen and oxygen atoms in total. The van der Waals surface area contributed by atoms with Gasteiger partial charge in [0.25, 0.3) is 0 Å². The minimum atomic E-state index is -2.01. The lowest BCUT2D eigenvalue weighted by atomic mass is 9.65. The van der Waals surface area contributed by atoms with E-state index >= 15 is 0 Å². The SMILES string of the molecule is C[C@H]1C=C2C=C[C@H](C)[C@H](CC[C@@H]3C[C@@H](O[Si](C)(C)C(C)(C)C)CC(=O)O3)[C@H]2[C@@H](OC(=O)NCCOCCOCCOCC(=O)NCC(C)(C)C)C1. The van der Waals surface area contributed by atoms with Gasteiger partial charge in [-0.05, 0) is 66.1 Å². The largest absolute Gasteiger partial charge is 0.462 e. The maximum absolute atomic E-state index is 13.0. The molecule has 3 rings (SSSR count). The zero-order chi connectivity index (χ0) is 37.8. The molecule has 2 amide bonds. The van der Waals surface area contributed by atoms with E-state index in [2.05, 4.69) is 97.3 Å². The Labute approximate surface area is 308 Å². The van der Waals surface area contributed by atoms with Crippen LogP contribution < -0.4 is 10.6 Å². The summed E-state index contributed by atoms with van der Waals surface area (Å²) in [6, 6.07) is 0. The van der Waals surface area contributed by atoms with E-state index in [9.17, 15) is 14.4 Å². The number of ether oxygens (including phenoxy) is 5. The molecule has 51 heavy (non-hydrogen) atoms. The first-order chi connectivity index (χ1) is 23.8. The average molecular weight is 737 g/mol. The summed E-state index contributed by atoms with van der Waals surface area (Å²) in [5, 5.41) is 5.76. The van der Waals surface area contributed by atoms with Crippen LogP contribution in [-0.2, 0) is 37.7 Å². The highest BCUT2D eigenvalue weighted by molar-refractivity contribution is 6.74. The number of carbonyl (C=O) groups excluding carboxylic acids is 3. The summed E-state index contributed by atoms with van der Waals surface area (Å²) in [6.07, 6.45) is 9.24. The molecular weight excluding hydrogens is 669 g/mol. The second-order valence-corrected chi connectivity index (χ2v) is 22.2. The van der Waals surface area contributed by atoms with Crippen molar-refractivity contribution in [2.75, 3.05) is 52.7 Å². The Kier molecular flexibility index (Phi) is 16.7. The van der Waals surface area contributed by atoms with Crippen molar-refractivity contribution < 1.29 is 42.5 Å². The lowest BCUT2D eigenvalue weighted by molar-refractivity contribution is -0.160. The fourth-order valence-corrected chi connectivity index (χ4v) is 8.09. The molecule has 0 saturated carbocycles. The number of allylic oxidation sites excluding steroid dienone is 3. The maximum Gasteiger partial charge on any atom is 0.407 e.